The molecule has 0 spiro atoms. The lowest BCUT2D eigenvalue weighted by molar-refractivity contribution is -0.151. The molecule has 1 heterocycles. The lowest BCUT2D eigenvalue weighted by Crippen LogP contribution is -2.45. The van der Waals surface area contributed by atoms with Gasteiger partial charge in [-0.1, -0.05) is 0 Å². The maximum absolute atomic E-state index is 12.4. The van der Waals surface area contributed by atoms with E-state index in [1.165, 1.54) is 4.90 Å². The maximum atomic E-state index is 12.4. The number of carbonyl (C=O) groups excluding carboxylic acids is 2. The second-order valence-corrected chi connectivity index (χ2v) is 10.3. The van der Waals surface area contributed by atoms with E-state index >= 15 is 0 Å². The summed E-state index contributed by atoms with van der Waals surface area (Å²) in [6.07, 6.45) is 0.153. The van der Waals surface area contributed by atoms with E-state index < -0.39 is 44.1 Å². The summed E-state index contributed by atoms with van der Waals surface area (Å²) in [7, 11) is -3.59. The number of carbonyl (C=O) groups is 2. The molecule has 140 valence electrons. The highest BCUT2D eigenvalue weighted by Gasteiger charge is 2.35. The molecule has 1 aliphatic rings. The zero-order valence-corrected chi connectivity index (χ0v) is 16.2. The number of esters is 1. The number of ether oxygens (including phenoxy) is 2. The van der Waals surface area contributed by atoms with Gasteiger partial charge in [0.05, 0.1) is 5.25 Å². The third-order valence-electron chi connectivity index (χ3n) is 3.34. The maximum Gasteiger partial charge on any atom is 0.410 e. The molecule has 0 aromatic carbocycles. The Labute approximate surface area is 144 Å². The monoisotopic (exact) mass is 363 g/mol. The predicted molar refractivity (Wildman–Crippen MR) is 90.5 cm³/mol. The molecule has 1 rings (SSSR count). The molecular weight excluding hydrogens is 334 g/mol. The highest BCUT2D eigenvalue weighted by molar-refractivity contribution is 7.92. The topological polar surface area (TPSA) is 90.0 Å². The van der Waals surface area contributed by atoms with E-state index in [-0.39, 0.29) is 0 Å². The second-order valence-electron chi connectivity index (χ2n) is 8.06. The van der Waals surface area contributed by atoms with Crippen molar-refractivity contribution in [1.82, 2.24) is 4.90 Å². The van der Waals surface area contributed by atoms with Gasteiger partial charge in [0.2, 0.25) is 0 Å². The third-order valence-corrected chi connectivity index (χ3v) is 5.47. The van der Waals surface area contributed by atoms with E-state index in [0.29, 0.717) is 25.9 Å². The van der Waals surface area contributed by atoms with E-state index in [9.17, 15) is 18.0 Å². The number of hydrogen-bond acceptors (Lipinski definition) is 6. The minimum atomic E-state index is -3.59. The fourth-order valence-corrected chi connectivity index (χ4v) is 3.93. The smallest absolute Gasteiger partial charge is 0.410 e. The first-order valence-electron chi connectivity index (χ1n) is 8.11. The van der Waals surface area contributed by atoms with Crippen molar-refractivity contribution < 1.29 is 27.5 Å². The summed E-state index contributed by atoms with van der Waals surface area (Å²) in [6.45, 7) is 11.0. The Hall–Kier alpha value is -1.31. The Morgan fingerprint density at radius 2 is 1.42 bits per heavy atom. The van der Waals surface area contributed by atoms with Gasteiger partial charge in [-0.05, 0) is 54.4 Å². The summed E-state index contributed by atoms with van der Waals surface area (Å²) in [5.41, 5.74) is -1.30. The molecule has 0 saturated carbocycles. The molecule has 0 aromatic rings. The number of amides is 1. The normalized spacial score (nSPS) is 17.5. The lowest BCUT2D eigenvalue weighted by atomic mass is 10.1. The molecule has 1 aliphatic heterocycles. The zero-order chi connectivity index (χ0) is 18.8. The fraction of sp³-hybridized carbons (Fsp3) is 0.875. The Balaban J connectivity index is 2.57. The Morgan fingerprint density at radius 1 is 0.958 bits per heavy atom. The molecule has 1 amide bonds. The Bertz CT molecular complexity index is 562. The molecule has 8 heteroatoms. The number of rotatable bonds is 3. The van der Waals surface area contributed by atoms with Gasteiger partial charge in [-0.25, -0.2) is 13.2 Å². The van der Waals surface area contributed by atoms with Crippen LogP contribution < -0.4 is 0 Å². The van der Waals surface area contributed by atoms with Crippen molar-refractivity contribution in [2.75, 3.05) is 18.8 Å². The molecule has 1 fully saturated rings. The van der Waals surface area contributed by atoms with Crippen molar-refractivity contribution in [3.05, 3.63) is 0 Å². The van der Waals surface area contributed by atoms with E-state index in [1.54, 1.807) is 41.5 Å². The van der Waals surface area contributed by atoms with Crippen LogP contribution in [0.25, 0.3) is 0 Å². The molecule has 0 radical (unpaired) electrons. The SMILES string of the molecule is CC(C)(C)OC(=O)CS(=O)(=O)C1CCN(C(=O)OC(C)(C)C)CC1. The highest BCUT2D eigenvalue weighted by Crippen LogP contribution is 2.21. The summed E-state index contributed by atoms with van der Waals surface area (Å²) >= 11 is 0. The average molecular weight is 363 g/mol. The molecule has 1 saturated heterocycles. The number of hydrogen-bond donors (Lipinski definition) is 0. The molecule has 0 N–H and O–H groups in total. The van der Waals surface area contributed by atoms with Gasteiger partial charge in [-0.15, -0.1) is 0 Å². The summed E-state index contributed by atoms with van der Waals surface area (Å²) in [5, 5.41) is -0.635. The van der Waals surface area contributed by atoms with Crippen LogP contribution in [0.5, 0.6) is 0 Å². The van der Waals surface area contributed by atoms with Gasteiger partial charge in [0.25, 0.3) is 0 Å². The van der Waals surface area contributed by atoms with E-state index in [1.807, 2.05) is 0 Å². The van der Waals surface area contributed by atoms with Crippen molar-refractivity contribution >= 4 is 21.9 Å². The van der Waals surface area contributed by atoms with Crippen molar-refractivity contribution in [1.29, 1.82) is 0 Å². The number of piperidine rings is 1. The van der Waals surface area contributed by atoms with Crippen molar-refractivity contribution in [2.24, 2.45) is 0 Å². The molecular formula is C16H29NO6S. The van der Waals surface area contributed by atoms with Crippen molar-refractivity contribution in [2.45, 2.75) is 70.8 Å². The first-order valence-corrected chi connectivity index (χ1v) is 9.82. The Kier molecular flexibility index (Phi) is 6.30. The standard InChI is InChI=1S/C16H29NO6S/c1-15(2,3)22-13(18)11-24(20,21)12-7-9-17(10-8-12)14(19)23-16(4,5)6/h12H,7-11H2,1-6H3. The fourth-order valence-electron chi connectivity index (χ4n) is 2.38. The third kappa shape index (κ3) is 7.07. The van der Waals surface area contributed by atoms with Crippen LogP contribution in [0.15, 0.2) is 0 Å². The van der Waals surface area contributed by atoms with E-state index in [2.05, 4.69) is 0 Å². The quantitative estimate of drug-likeness (QED) is 0.714. The van der Waals surface area contributed by atoms with Gasteiger partial charge < -0.3 is 14.4 Å². The zero-order valence-electron chi connectivity index (χ0n) is 15.4. The molecule has 0 atom stereocenters. The van der Waals surface area contributed by atoms with Crippen LogP contribution in [-0.2, 0) is 24.1 Å². The van der Waals surface area contributed by atoms with E-state index in [0.717, 1.165) is 0 Å². The number of likely N-dealkylation sites (tertiary alicyclic amines) is 1. The number of nitrogens with zero attached hydrogens (tertiary/aromatic N) is 1. The minimum absolute atomic E-state index is 0.296. The molecule has 0 aliphatic carbocycles. The van der Waals surface area contributed by atoms with Crippen LogP contribution in [-0.4, -0.2) is 60.7 Å². The molecule has 0 unspecified atom stereocenters. The molecule has 24 heavy (non-hydrogen) atoms. The summed E-state index contributed by atoms with van der Waals surface area (Å²) in [5.74, 6) is -1.36. The molecule has 0 bridgehead atoms. The first kappa shape index (κ1) is 20.7. The van der Waals surface area contributed by atoms with Gasteiger partial charge in [0.1, 0.15) is 17.0 Å². The predicted octanol–water partition coefficient (Wildman–Crippen LogP) is 2.14. The van der Waals surface area contributed by atoms with Gasteiger partial charge in [-0.3, -0.25) is 4.79 Å². The van der Waals surface area contributed by atoms with Gasteiger partial charge in [-0.2, -0.15) is 0 Å². The van der Waals surface area contributed by atoms with Crippen LogP contribution in [0.3, 0.4) is 0 Å². The van der Waals surface area contributed by atoms with Crippen molar-refractivity contribution in [3.8, 4) is 0 Å². The largest absolute Gasteiger partial charge is 0.459 e. The van der Waals surface area contributed by atoms with Gasteiger partial charge in [0.15, 0.2) is 9.84 Å². The van der Waals surface area contributed by atoms with Gasteiger partial charge >= 0.3 is 12.1 Å². The van der Waals surface area contributed by atoms with Crippen LogP contribution in [0.4, 0.5) is 4.79 Å². The van der Waals surface area contributed by atoms with Crippen LogP contribution in [0.1, 0.15) is 54.4 Å². The van der Waals surface area contributed by atoms with Gasteiger partial charge in [0, 0.05) is 13.1 Å². The lowest BCUT2D eigenvalue weighted by Gasteiger charge is -2.33. The molecule has 0 aromatic heterocycles. The van der Waals surface area contributed by atoms with Crippen molar-refractivity contribution in [3.63, 3.8) is 0 Å². The van der Waals surface area contributed by atoms with E-state index in [4.69, 9.17) is 9.47 Å². The van der Waals surface area contributed by atoms with Crippen LogP contribution >= 0.6 is 0 Å². The summed E-state index contributed by atoms with van der Waals surface area (Å²) < 4.78 is 35.1. The highest BCUT2D eigenvalue weighted by atomic mass is 32.2. The summed E-state index contributed by atoms with van der Waals surface area (Å²) in [4.78, 5) is 25.2. The first-order chi connectivity index (χ1) is 10.7. The Morgan fingerprint density at radius 3 is 1.83 bits per heavy atom. The summed E-state index contributed by atoms with van der Waals surface area (Å²) in [6, 6.07) is 0. The van der Waals surface area contributed by atoms with Crippen LogP contribution in [0.2, 0.25) is 0 Å². The van der Waals surface area contributed by atoms with Crippen LogP contribution in [0, 0.1) is 0 Å². The molecule has 7 nitrogen and oxygen atoms in total. The number of sulfone groups is 1. The second kappa shape index (κ2) is 7.29. The average Bonchev–Trinajstić information content (AvgIpc) is 2.33. The minimum Gasteiger partial charge on any atom is -0.459 e.